The molecular weight excluding hydrogens is 247 g/mol. The van der Waals surface area contributed by atoms with Gasteiger partial charge in [0, 0.05) is 6.42 Å². The summed E-state index contributed by atoms with van der Waals surface area (Å²) >= 11 is 5.76. The highest BCUT2D eigenvalue weighted by Gasteiger charge is 2.08. The van der Waals surface area contributed by atoms with E-state index in [4.69, 9.17) is 21.1 Å². The summed E-state index contributed by atoms with van der Waals surface area (Å²) in [4.78, 5) is 11.0. The van der Waals surface area contributed by atoms with Crippen LogP contribution in [-0.2, 0) is 9.53 Å². The van der Waals surface area contributed by atoms with Crippen molar-refractivity contribution in [3.05, 3.63) is 29.0 Å². The molecule has 0 aromatic heterocycles. The van der Waals surface area contributed by atoms with Gasteiger partial charge in [0.2, 0.25) is 0 Å². The Morgan fingerprint density at radius 2 is 2.24 bits per heavy atom. The molecule has 0 radical (unpaired) electrons. The highest BCUT2D eigenvalue weighted by Crippen LogP contribution is 2.27. The van der Waals surface area contributed by atoms with Crippen LogP contribution in [0.25, 0.3) is 0 Å². The Morgan fingerprint density at radius 3 is 2.88 bits per heavy atom. The van der Waals surface area contributed by atoms with Gasteiger partial charge in [-0.1, -0.05) is 17.7 Å². The van der Waals surface area contributed by atoms with Gasteiger partial charge in [0.25, 0.3) is 0 Å². The second-order valence-corrected chi connectivity index (χ2v) is 3.72. The van der Waals surface area contributed by atoms with Gasteiger partial charge in [-0.15, -0.1) is 0 Å². The number of carbonyl (C=O) groups excluding carboxylic acids is 1. The van der Waals surface area contributed by atoms with Gasteiger partial charge in [-0.25, -0.2) is 4.39 Å². The van der Waals surface area contributed by atoms with Crippen molar-refractivity contribution in [1.82, 2.24) is 0 Å². The van der Waals surface area contributed by atoms with Crippen molar-refractivity contribution >= 4 is 17.6 Å². The standard InChI is InChI=1S/C12H14ClFO3/c1-2-16-11(15)7-4-8-17-12-9(13)5-3-6-10(12)14/h3,5-6H,2,4,7-8H2,1H3. The van der Waals surface area contributed by atoms with Crippen molar-refractivity contribution < 1.29 is 18.7 Å². The zero-order valence-electron chi connectivity index (χ0n) is 9.54. The average Bonchev–Trinajstić information content (AvgIpc) is 2.28. The zero-order valence-corrected chi connectivity index (χ0v) is 10.3. The molecular formula is C12H14ClFO3. The van der Waals surface area contributed by atoms with E-state index < -0.39 is 5.82 Å². The monoisotopic (exact) mass is 260 g/mol. The molecule has 94 valence electrons. The van der Waals surface area contributed by atoms with Gasteiger partial charge in [0.1, 0.15) is 0 Å². The molecule has 0 bridgehead atoms. The van der Waals surface area contributed by atoms with Crippen LogP contribution in [-0.4, -0.2) is 19.2 Å². The number of esters is 1. The smallest absolute Gasteiger partial charge is 0.305 e. The van der Waals surface area contributed by atoms with E-state index in [1.165, 1.54) is 12.1 Å². The van der Waals surface area contributed by atoms with Gasteiger partial charge in [0.15, 0.2) is 11.6 Å². The van der Waals surface area contributed by atoms with Gasteiger partial charge in [-0.05, 0) is 25.5 Å². The molecule has 0 aliphatic carbocycles. The van der Waals surface area contributed by atoms with E-state index in [-0.39, 0.29) is 29.8 Å². The van der Waals surface area contributed by atoms with Crippen LogP contribution in [0.15, 0.2) is 18.2 Å². The Balaban J connectivity index is 2.34. The van der Waals surface area contributed by atoms with Crippen LogP contribution < -0.4 is 4.74 Å². The Bertz CT molecular complexity index is 362. The predicted molar refractivity (Wildman–Crippen MR) is 62.8 cm³/mol. The highest BCUT2D eigenvalue weighted by molar-refractivity contribution is 6.32. The molecule has 5 heteroatoms. The Labute approximate surface area is 104 Å². The summed E-state index contributed by atoms with van der Waals surface area (Å²) in [6.45, 7) is 2.33. The Kier molecular flexibility index (Phi) is 5.77. The van der Waals surface area contributed by atoms with E-state index in [9.17, 15) is 9.18 Å². The molecule has 3 nitrogen and oxygen atoms in total. The molecule has 0 heterocycles. The lowest BCUT2D eigenvalue weighted by Crippen LogP contribution is -2.07. The highest BCUT2D eigenvalue weighted by atomic mass is 35.5. The summed E-state index contributed by atoms with van der Waals surface area (Å²) in [5.41, 5.74) is 0. The van der Waals surface area contributed by atoms with Crippen molar-refractivity contribution in [1.29, 1.82) is 0 Å². The lowest BCUT2D eigenvalue weighted by atomic mass is 10.3. The summed E-state index contributed by atoms with van der Waals surface area (Å²) in [7, 11) is 0. The van der Waals surface area contributed by atoms with Gasteiger partial charge in [0.05, 0.1) is 18.2 Å². The largest absolute Gasteiger partial charge is 0.489 e. The number of benzene rings is 1. The summed E-state index contributed by atoms with van der Waals surface area (Å²) in [5.74, 6) is -0.762. The first kappa shape index (κ1) is 13.8. The quantitative estimate of drug-likeness (QED) is 0.582. The molecule has 0 saturated carbocycles. The molecule has 0 fully saturated rings. The zero-order chi connectivity index (χ0) is 12.7. The van der Waals surface area contributed by atoms with Crippen LogP contribution in [0.1, 0.15) is 19.8 Å². The third-order valence-corrected chi connectivity index (χ3v) is 2.29. The van der Waals surface area contributed by atoms with Gasteiger partial charge in [-0.3, -0.25) is 4.79 Å². The Hall–Kier alpha value is -1.29. The van der Waals surface area contributed by atoms with Crippen LogP contribution >= 0.6 is 11.6 Å². The number of hydrogen-bond acceptors (Lipinski definition) is 3. The molecule has 0 spiro atoms. The van der Waals surface area contributed by atoms with E-state index in [1.807, 2.05) is 0 Å². The number of para-hydroxylation sites is 1. The van der Waals surface area contributed by atoms with Crippen molar-refractivity contribution in [3.63, 3.8) is 0 Å². The molecule has 0 unspecified atom stereocenters. The van der Waals surface area contributed by atoms with Gasteiger partial charge >= 0.3 is 5.97 Å². The fourth-order valence-electron chi connectivity index (χ4n) is 1.24. The van der Waals surface area contributed by atoms with Crippen molar-refractivity contribution in [2.75, 3.05) is 13.2 Å². The molecule has 0 aliphatic heterocycles. The maximum Gasteiger partial charge on any atom is 0.305 e. The molecule has 1 aromatic rings. The molecule has 0 N–H and O–H groups in total. The maximum absolute atomic E-state index is 13.3. The minimum absolute atomic E-state index is 0.0259. The fourth-order valence-corrected chi connectivity index (χ4v) is 1.46. The minimum Gasteiger partial charge on any atom is -0.489 e. The van der Waals surface area contributed by atoms with Crippen LogP contribution in [0, 0.1) is 5.82 Å². The summed E-state index contributed by atoms with van der Waals surface area (Å²) in [5, 5.41) is 0.223. The summed E-state index contributed by atoms with van der Waals surface area (Å²) in [6.07, 6.45) is 0.712. The first-order chi connectivity index (χ1) is 8.15. The number of halogens is 2. The third-order valence-electron chi connectivity index (χ3n) is 2.00. The van der Waals surface area contributed by atoms with E-state index in [0.717, 1.165) is 0 Å². The van der Waals surface area contributed by atoms with Crippen molar-refractivity contribution in [3.8, 4) is 5.75 Å². The Morgan fingerprint density at radius 1 is 1.47 bits per heavy atom. The summed E-state index contributed by atoms with van der Waals surface area (Å²) in [6, 6.07) is 4.32. The molecule has 0 saturated heterocycles. The maximum atomic E-state index is 13.3. The van der Waals surface area contributed by atoms with Crippen molar-refractivity contribution in [2.24, 2.45) is 0 Å². The summed E-state index contributed by atoms with van der Waals surface area (Å²) < 4.78 is 23.2. The molecule has 0 aliphatic rings. The van der Waals surface area contributed by atoms with Gasteiger partial charge < -0.3 is 9.47 Å². The van der Waals surface area contributed by atoms with E-state index in [2.05, 4.69) is 0 Å². The normalized spacial score (nSPS) is 10.1. The lowest BCUT2D eigenvalue weighted by molar-refractivity contribution is -0.143. The van der Waals surface area contributed by atoms with E-state index >= 15 is 0 Å². The first-order valence-corrected chi connectivity index (χ1v) is 5.75. The molecule has 0 atom stereocenters. The topological polar surface area (TPSA) is 35.5 Å². The van der Waals surface area contributed by atoms with E-state index in [0.29, 0.717) is 13.0 Å². The molecule has 17 heavy (non-hydrogen) atoms. The third kappa shape index (κ3) is 4.61. The fraction of sp³-hybridized carbons (Fsp3) is 0.417. The number of ether oxygens (including phenoxy) is 2. The van der Waals surface area contributed by atoms with Crippen LogP contribution in [0.3, 0.4) is 0 Å². The van der Waals surface area contributed by atoms with Crippen molar-refractivity contribution in [2.45, 2.75) is 19.8 Å². The van der Waals surface area contributed by atoms with Crippen LogP contribution in [0.2, 0.25) is 5.02 Å². The van der Waals surface area contributed by atoms with Crippen LogP contribution in [0.5, 0.6) is 5.75 Å². The predicted octanol–water partition coefficient (Wildman–Crippen LogP) is 3.20. The first-order valence-electron chi connectivity index (χ1n) is 5.37. The second-order valence-electron chi connectivity index (χ2n) is 3.31. The van der Waals surface area contributed by atoms with Gasteiger partial charge in [-0.2, -0.15) is 0 Å². The molecule has 0 amide bonds. The van der Waals surface area contributed by atoms with Crippen LogP contribution in [0.4, 0.5) is 4.39 Å². The average molecular weight is 261 g/mol. The molecule has 1 aromatic carbocycles. The number of hydrogen-bond donors (Lipinski definition) is 0. The number of rotatable bonds is 6. The lowest BCUT2D eigenvalue weighted by Gasteiger charge is -2.08. The minimum atomic E-state index is -0.506. The SMILES string of the molecule is CCOC(=O)CCCOc1c(F)cccc1Cl. The number of carbonyl (C=O) groups is 1. The van der Waals surface area contributed by atoms with E-state index in [1.54, 1.807) is 13.0 Å². The molecule has 1 rings (SSSR count). The second kappa shape index (κ2) is 7.12.